The molecule has 0 amide bonds. The molecule has 0 bridgehead atoms. The van der Waals surface area contributed by atoms with Gasteiger partial charge < -0.3 is 0 Å². The van der Waals surface area contributed by atoms with E-state index in [9.17, 15) is 18.0 Å². The first-order chi connectivity index (χ1) is 10.9. The second-order valence-electron chi connectivity index (χ2n) is 5.09. The summed E-state index contributed by atoms with van der Waals surface area (Å²) >= 11 is 0. The normalized spacial score (nSPS) is 11.5. The summed E-state index contributed by atoms with van der Waals surface area (Å²) < 4.78 is 27.2. The van der Waals surface area contributed by atoms with E-state index in [1.165, 1.54) is 24.3 Å². The largest absolute Gasteiger partial charge is 0.280 e. The molecule has 0 atom stereocenters. The Hall–Kier alpha value is -2.87. The molecule has 0 fully saturated rings. The van der Waals surface area contributed by atoms with Crippen molar-refractivity contribution in [2.45, 2.75) is 11.8 Å². The van der Waals surface area contributed by atoms with Gasteiger partial charge in [-0.25, -0.2) is 8.42 Å². The monoisotopic (exact) mass is 331 g/mol. The Morgan fingerprint density at radius 3 is 2.30 bits per heavy atom. The van der Waals surface area contributed by atoms with Crippen molar-refractivity contribution in [1.82, 2.24) is 10.2 Å². The molecular formula is C15H13N3O4S. The van der Waals surface area contributed by atoms with E-state index in [1.807, 2.05) is 0 Å². The van der Waals surface area contributed by atoms with E-state index < -0.39 is 21.1 Å². The molecule has 118 valence electrons. The van der Waals surface area contributed by atoms with Gasteiger partial charge >= 0.3 is 0 Å². The Bertz CT molecular complexity index is 1110. The highest BCUT2D eigenvalue weighted by Crippen LogP contribution is 2.19. The third-order valence-electron chi connectivity index (χ3n) is 3.35. The third kappa shape index (κ3) is 2.88. The van der Waals surface area contributed by atoms with E-state index in [2.05, 4.69) is 14.9 Å². The summed E-state index contributed by atoms with van der Waals surface area (Å²) in [6.07, 6.45) is 0. The van der Waals surface area contributed by atoms with Crippen LogP contribution in [0.15, 0.2) is 56.9 Å². The van der Waals surface area contributed by atoms with E-state index in [0.717, 1.165) is 5.56 Å². The molecule has 7 nitrogen and oxygen atoms in total. The lowest BCUT2D eigenvalue weighted by molar-refractivity contribution is 0.601. The number of hydrogen-bond donors (Lipinski definition) is 3. The number of anilines is 1. The lowest BCUT2D eigenvalue weighted by Gasteiger charge is -2.09. The topological polar surface area (TPSA) is 112 Å². The smallest absolute Gasteiger partial charge is 0.270 e. The predicted molar refractivity (Wildman–Crippen MR) is 87.2 cm³/mol. The highest BCUT2D eigenvalue weighted by atomic mass is 32.2. The third-order valence-corrected chi connectivity index (χ3v) is 4.73. The van der Waals surface area contributed by atoms with E-state index in [1.54, 1.807) is 25.1 Å². The zero-order valence-corrected chi connectivity index (χ0v) is 12.9. The minimum atomic E-state index is -3.78. The van der Waals surface area contributed by atoms with Gasteiger partial charge in [0.15, 0.2) is 0 Å². The molecule has 0 spiro atoms. The van der Waals surface area contributed by atoms with Crippen LogP contribution in [0.4, 0.5) is 5.69 Å². The highest BCUT2D eigenvalue weighted by molar-refractivity contribution is 7.92. The Balaban J connectivity index is 2.06. The van der Waals surface area contributed by atoms with Crippen LogP contribution < -0.4 is 15.8 Å². The fraction of sp³-hybridized carbons (Fsp3) is 0.0667. The predicted octanol–water partition coefficient (Wildman–Crippen LogP) is 1.33. The summed E-state index contributed by atoms with van der Waals surface area (Å²) in [7, 11) is -3.78. The first kappa shape index (κ1) is 15.0. The van der Waals surface area contributed by atoms with E-state index in [0.29, 0.717) is 0 Å². The number of aryl methyl sites for hydroxylation is 1. The summed E-state index contributed by atoms with van der Waals surface area (Å²) in [5.74, 6) is 0. The number of fused-ring (bicyclic) bond motifs is 1. The second kappa shape index (κ2) is 5.40. The summed E-state index contributed by atoms with van der Waals surface area (Å²) in [5, 5.41) is 4.71. The van der Waals surface area contributed by atoms with Crippen LogP contribution in [0.2, 0.25) is 0 Å². The van der Waals surface area contributed by atoms with Crippen LogP contribution in [-0.2, 0) is 10.0 Å². The lowest BCUT2D eigenvalue weighted by Crippen LogP contribution is -2.19. The van der Waals surface area contributed by atoms with Gasteiger partial charge in [-0.3, -0.25) is 24.5 Å². The maximum Gasteiger partial charge on any atom is 0.270 e. The number of sulfonamides is 1. The summed E-state index contributed by atoms with van der Waals surface area (Å²) in [4.78, 5) is 23.5. The van der Waals surface area contributed by atoms with Crippen LogP contribution >= 0.6 is 0 Å². The molecule has 8 heteroatoms. The van der Waals surface area contributed by atoms with Crippen molar-refractivity contribution >= 4 is 26.5 Å². The molecule has 0 aliphatic carbocycles. The standard InChI is InChI=1S/C15H13N3O4S/c1-9-3-2-4-11(7-9)23(21,22)18-10-5-6-12-13(8-10)15(20)17-16-14(12)19/h2-8,18H,1H3,(H,16,19)(H,17,20). The average Bonchev–Trinajstić information content (AvgIpc) is 2.51. The molecule has 23 heavy (non-hydrogen) atoms. The first-order valence-corrected chi connectivity index (χ1v) is 8.19. The van der Waals surface area contributed by atoms with E-state index in [-0.39, 0.29) is 21.4 Å². The molecule has 1 heterocycles. The number of aromatic nitrogens is 2. The average molecular weight is 331 g/mol. The molecule has 3 aromatic rings. The first-order valence-electron chi connectivity index (χ1n) is 6.71. The summed E-state index contributed by atoms with van der Waals surface area (Å²) in [6, 6.07) is 10.6. The quantitative estimate of drug-likeness (QED) is 0.672. The summed E-state index contributed by atoms with van der Waals surface area (Å²) in [5.41, 5.74) is 0.0633. The Morgan fingerprint density at radius 2 is 1.61 bits per heavy atom. The zero-order chi connectivity index (χ0) is 16.6. The number of benzene rings is 2. The van der Waals surface area contributed by atoms with E-state index >= 15 is 0 Å². The van der Waals surface area contributed by atoms with Crippen molar-refractivity contribution in [3.63, 3.8) is 0 Å². The molecule has 0 aliphatic rings. The number of H-pyrrole nitrogens is 2. The van der Waals surface area contributed by atoms with Crippen molar-refractivity contribution < 1.29 is 8.42 Å². The fourth-order valence-corrected chi connectivity index (χ4v) is 3.39. The molecule has 3 N–H and O–H groups in total. The van der Waals surface area contributed by atoms with Gasteiger partial charge in [-0.2, -0.15) is 0 Å². The Kier molecular flexibility index (Phi) is 3.53. The molecule has 0 aliphatic heterocycles. The molecule has 0 saturated heterocycles. The number of nitrogens with one attached hydrogen (secondary N) is 3. The Labute approximate surface area is 131 Å². The van der Waals surface area contributed by atoms with Crippen LogP contribution in [0.3, 0.4) is 0 Å². The van der Waals surface area contributed by atoms with Gasteiger partial charge in [-0.15, -0.1) is 0 Å². The van der Waals surface area contributed by atoms with Crippen molar-refractivity contribution in [2.75, 3.05) is 4.72 Å². The van der Waals surface area contributed by atoms with Gasteiger partial charge in [-0.1, -0.05) is 12.1 Å². The van der Waals surface area contributed by atoms with Crippen molar-refractivity contribution in [2.24, 2.45) is 0 Å². The molecule has 0 radical (unpaired) electrons. The van der Waals surface area contributed by atoms with Gasteiger partial charge in [0, 0.05) is 5.69 Å². The van der Waals surface area contributed by atoms with Crippen LogP contribution in [0.5, 0.6) is 0 Å². The second-order valence-corrected chi connectivity index (χ2v) is 6.77. The van der Waals surface area contributed by atoms with Crippen molar-refractivity contribution in [3.05, 3.63) is 68.7 Å². The highest BCUT2D eigenvalue weighted by Gasteiger charge is 2.15. The molecule has 0 saturated carbocycles. The van der Waals surface area contributed by atoms with Crippen LogP contribution in [0, 0.1) is 6.92 Å². The number of rotatable bonds is 3. The van der Waals surface area contributed by atoms with Gasteiger partial charge in [0.1, 0.15) is 0 Å². The Morgan fingerprint density at radius 1 is 0.913 bits per heavy atom. The van der Waals surface area contributed by atoms with Crippen molar-refractivity contribution in [3.8, 4) is 0 Å². The van der Waals surface area contributed by atoms with Crippen molar-refractivity contribution in [1.29, 1.82) is 0 Å². The molecule has 0 unspecified atom stereocenters. The van der Waals surface area contributed by atoms with Crippen LogP contribution in [0.1, 0.15) is 5.56 Å². The minimum Gasteiger partial charge on any atom is -0.280 e. The number of hydrogen-bond acceptors (Lipinski definition) is 4. The lowest BCUT2D eigenvalue weighted by atomic mass is 10.2. The molecule has 2 aromatic carbocycles. The van der Waals surface area contributed by atoms with Gasteiger partial charge in [0.05, 0.1) is 15.7 Å². The SMILES string of the molecule is Cc1cccc(S(=O)(=O)Nc2ccc3c(=O)[nH][nH]c(=O)c3c2)c1. The number of aromatic amines is 2. The zero-order valence-electron chi connectivity index (χ0n) is 12.1. The van der Waals surface area contributed by atoms with E-state index in [4.69, 9.17) is 0 Å². The minimum absolute atomic E-state index is 0.109. The molecular weight excluding hydrogens is 318 g/mol. The van der Waals surface area contributed by atoms with Gasteiger partial charge in [0.25, 0.3) is 21.1 Å². The van der Waals surface area contributed by atoms with Gasteiger partial charge in [-0.05, 0) is 42.8 Å². The maximum absolute atomic E-state index is 12.4. The van der Waals surface area contributed by atoms with Crippen LogP contribution in [0.25, 0.3) is 10.8 Å². The van der Waals surface area contributed by atoms with Gasteiger partial charge in [0.2, 0.25) is 0 Å². The molecule has 3 rings (SSSR count). The molecule has 1 aromatic heterocycles. The maximum atomic E-state index is 12.4. The fourth-order valence-electron chi connectivity index (χ4n) is 2.24. The van der Waals surface area contributed by atoms with Crippen LogP contribution in [-0.4, -0.2) is 18.6 Å². The summed E-state index contributed by atoms with van der Waals surface area (Å²) in [6.45, 7) is 1.79.